The normalized spacial score (nSPS) is 19.0. The van der Waals surface area contributed by atoms with Gasteiger partial charge in [0.15, 0.2) is 0 Å². The molecule has 4 nitrogen and oxygen atoms in total. The highest BCUT2D eigenvalue weighted by molar-refractivity contribution is 5.73. The molecule has 1 spiro atoms. The van der Waals surface area contributed by atoms with Crippen LogP contribution in [0.3, 0.4) is 0 Å². The zero-order valence-corrected chi connectivity index (χ0v) is 11.7. The maximum Gasteiger partial charge on any atom is 0.255 e. The highest BCUT2D eigenvalue weighted by Crippen LogP contribution is 2.43. The Morgan fingerprint density at radius 2 is 2.05 bits per heavy atom. The first-order valence-electron chi connectivity index (χ1n) is 7.32. The first-order chi connectivity index (χ1) is 10.3. The fourth-order valence-corrected chi connectivity index (χ4v) is 3.28. The third kappa shape index (κ3) is 1.98. The summed E-state index contributed by atoms with van der Waals surface area (Å²) in [5.74, 6) is 0.820. The Balaban J connectivity index is 1.95. The molecule has 1 saturated carbocycles. The Morgan fingerprint density at radius 1 is 1.19 bits per heavy atom. The lowest BCUT2D eigenvalue weighted by Crippen LogP contribution is -2.35. The highest BCUT2D eigenvalue weighted by atomic mass is 16.5. The summed E-state index contributed by atoms with van der Waals surface area (Å²) in [4.78, 5) is 16.4. The Hall–Kier alpha value is -2.36. The van der Waals surface area contributed by atoms with Gasteiger partial charge in [-0.3, -0.25) is 14.3 Å². The maximum atomic E-state index is 12.2. The number of hydrogen-bond donors (Lipinski definition) is 0. The minimum absolute atomic E-state index is 0.0337. The Kier molecular flexibility index (Phi) is 2.70. The lowest BCUT2D eigenvalue weighted by molar-refractivity contribution is 0.123. The summed E-state index contributed by atoms with van der Waals surface area (Å²) in [6.07, 6.45) is 11.7. The van der Waals surface area contributed by atoms with Crippen molar-refractivity contribution in [1.29, 1.82) is 0 Å². The zero-order chi connectivity index (χ0) is 14.3. The van der Waals surface area contributed by atoms with Crippen LogP contribution in [-0.4, -0.2) is 15.2 Å². The molecule has 1 aliphatic carbocycles. The number of aromatic nitrogens is 2. The van der Waals surface area contributed by atoms with Crippen LogP contribution in [0.1, 0.15) is 31.2 Å². The van der Waals surface area contributed by atoms with Crippen LogP contribution in [0.4, 0.5) is 0 Å². The van der Waals surface area contributed by atoms with E-state index >= 15 is 0 Å². The predicted octanol–water partition coefficient (Wildman–Crippen LogP) is 2.84. The lowest BCUT2D eigenvalue weighted by atomic mass is 9.95. The zero-order valence-electron chi connectivity index (χ0n) is 11.7. The number of nitrogens with zero attached hydrogens (tertiary/aromatic N) is 2. The van der Waals surface area contributed by atoms with Crippen LogP contribution in [0, 0.1) is 0 Å². The van der Waals surface area contributed by atoms with Crippen molar-refractivity contribution in [3.63, 3.8) is 0 Å². The molecule has 1 aliphatic heterocycles. The molecule has 0 atom stereocenters. The van der Waals surface area contributed by atoms with Crippen LogP contribution in [0.5, 0.6) is 5.75 Å². The van der Waals surface area contributed by atoms with Crippen molar-refractivity contribution < 1.29 is 4.74 Å². The van der Waals surface area contributed by atoms with Gasteiger partial charge >= 0.3 is 0 Å². The molecule has 2 aromatic rings. The molecule has 2 aliphatic rings. The topological polar surface area (TPSA) is 44.1 Å². The molecule has 106 valence electrons. The minimum Gasteiger partial charge on any atom is -0.482 e. The van der Waals surface area contributed by atoms with Crippen LogP contribution in [-0.2, 0) is 0 Å². The van der Waals surface area contributed by atoms with E-state index in [0.29, 0.717) is 0 Å². The van der Waals surface area contributed by atoms with E-state index in [0.717, 1.165) is 42.7 Å². The molecule has 2 aromatic heterocycles. The highest BCUT2D eigenvalue weighted by Gasteiger charge is 2.38. The summed E-state index contributed by atoms with van der Waals surface area (Å²) < 4.78 is 7.92. The van der Waals surface area contributed by atoms with Crippen LogP contribution in [0.25, 0.3) is 5.70 Å². The van der Waals surface area contributed by atoms with Crippen molar-refractivity contribution in [3.8, 4) is 5.75 Å². The standard InChI is InChI=1S/C17H16N2O2/c20-16-5-1-4-10-19(16)14-11-17(7-2-3-8-17)21-15-6-9-18-12-13(14)15/h1,4-6,9-12H,2-3,7-8H2. The summed E-state index contributed by atoms with van der Waals surface area (Å²) in [5.41, 5.74) is 1.47. The largest absolute Gasteiger partial charge is 0.482 e. The molecule has 21 heavy (non-hydrogen) atoms. The van der Waals surface area contributed by atoms with E-state index < -0.39 is 0 Å². The molecule has 0 unspecified atom stereocenters. The Labute approximate surface area is 122 Å². The average Bonchev–Trinajstić information content (AvgIpc) is 2.95. The van der Waals surface area contributed by atoms with Gasteiger partial charge in [0.2, 0.25) is 0 Å². The van der Waals surface area contributed by atoms with E-state index in [1.807, 2.05) is 12.1 Å². The average molecular weight is 280 g/mol. The van der Waals surface area contributed by atoms with Crippen LogP contribution >= 0.6 is 0 Å². The van der Waals surface area contributed by atoms with E-state index in [9.17, 15) is 4.79 Å². The molecular weight excluding hydrogens is 264 g/mol. The second-order valence-corrected chi connectivity index (χ2v) is 5.68. The fourth-order valence-electron chi connectivity index (χ4n) is 3.28. The van der Waals surface area contributed by atoms with Gasteiger partial charge in [-0.25, -0.2) is 0 Å². The van der Waals surface area contributed by atoms with Gasteiger partial charge in [0.1, 0.15) is 11.4 Å². The Morgan fingerprint density at radius 3 is 2.86 bits per heavy atom. The van der Waals surface area contributed by atoms with E-state index in [1.54, 1.807) is 35.3 Å². The summed E-state index contributed by atoms with van der Waals surface area (Å²) >= 11 is 0. The number of pyridine rings is 2. The first kappa shape index (κ1) is 12.4. The summed E-state index contributed by atoms with van der Waals surface area (Å²) in [6.45, 7) is 0. The van der Waals surface area contributed by atoms with Crippen molar-refractivity contribution in [2.45, 2.75) is 31.3 Å². The lowest BCUT2D eigenvalue weighted by Gasteiger charge is -2.33. The van der Waals surface area contributed by atoms with E-state index in [4.69, 9.17) is 4.74 Å². The van der Waals surface area contributed by atoms with Gasteiger partial charge in [0, 0.05) is 24.7 Å². The molecule has 4 rings (SSSR count). The van der Waals surface area contributed by atoms with E-state index in [2.05, 4.69) is 11.1 Å². The van der Waals surface area contributed by atoms with Crippen LogP contribution < -0.4 is 10.3 Å². The molecule has 1 fully saturated rings. The second kappa shape index (κ2) is 4.58. The monoisotopic (exact) mass is 280 g/mol. The predicted molar refractivity (Wildman–Crippen MR) is 80.1 cm³/mol. The van der Waals surface area contributed by atoms with Crippen LogP contribution in [0.15, 0.2) is 53.7 Å². The second-order valence-electron chi connectivity index (χ2n) is 5.68. The first-order valence-corrected chi connectivity index (χ1v) is 7.32. The van der Waals surface area contributed by atoms with Gasteiger partial charge in [-0.2, -0.15) is 0 Å². The summed E-state index contributed by atoms with van der Waals surface area (Å²) in [5, 5.41) is 0. The fraction of sp³-hybridized carbons (Fsp3) is 0.294. The number of rotatable bonds is 1. The summed E-state index contributed by atoms with van der Waals surface area (Å²) in [7, 11) is 0. The molecule has 3 heterocycles. The van der Waals surface area contributed by atoms with Crippen molar-refractivity contribution in [1.82, 2.24) is 9.55 Å². The molecule has 0 aromatic carbocycles. The van der Waals surface area contributed by atoms with Gasteiger partial charge in [0.25, 0.3) is 5.56 Å². The smallest absolute Gasteiger partial charge is 0.255 e. The minimum atomic E-state index is -0.265. The number of fused-ring (bicyclic) bond motifs is 1. The van der Waals surface area contributed by atoms with Gasteiger partial charge in [-0.15, -0.1) is 0 Å². The maximum absolute atomic E-state index is 12.2. The SMILES string of the molecule is O=c1ccccn1C1=CC2(CCCC2)Oc2ccncc21. The van der Waals surface area contributed by atoms with Gasteiger partial charge in [-0.05, 0) is 43.9 Å². The molecule has 0 bridgehead atoms. The quantitative estimate of drug-likeness (QED) is 0.807. The third-order valence-electron chi connectivity index (χ3n) is 4.30. The van der Waals surface area contributed by atoms with E-state index in [-0.39, 0.29) is 11.2 Å². The number of hydrogen-bond acceptors (Lipinski definition) is 3. The summed E-state index contributed by atoms with van der Waals surface area (Å²) in [6, 6.07) is 7.09. The van der Waals surface area contributed by atoms with Crippen LogP contribution in [0.2, 0.25) is 0 Å². The number of ether oxygens (including phenoxy) is 1. The molecular formula is C17H16N2O2. The molecule has 0 amide bonds. The van der Waals surface area contributed by atoms with Gasteiger partial charge in [0.05, 0.1) is 11.3 Å². The molecule has 0 radical (unpaired) electrons. The van der Waals surface area contributed by atoms with Crippen molar-refractivity contribution in [3.05, 3.63) is 64.8 Å². The molecule has 4 heteroatoms. The molecule has 0 N–H and O–H groups in total. The molecule has 0 saturated heterocycles. The van der Waals surface area contributed by atoms with Gasteiger partial charge in [-0.1, -0.05) is 6.07 Å². The van der Waals surface area contributed by atoms with Crippen molar-refractivity contribution in [2.24, 2.45) is 0 Å². The van der Waals surface area contributed by atoms with Crippen molar-refractivity contribution in [2.75, 3.05) is 0 Å². The third-order valence-corrected chi connectivity index (χ3v) is 4.30. The van der Waals surface area contributed by atoms with Crippen molar-refractivity contribution >= 4 is 5.70 Å². The van der Waals surface area contributed by atoms with Gasteiger partial charge < -0.3 is 4.74 Å². The Bertz CT molecular complexity index is 770. The van der Waals surface area contributed by atoms with E-state index in [1.165, 1.54) is 0 Å².